The van der Waals surface area contributed by atoms with Gasteiger partial charge in [0.2, 0.25) is 0 Å². The molecule has 5 heteroatoms. The summed E-state index contributed by atoms with van der Waals surface area (Å²) >= 11 is 0. The van der Waals surface area contributed by atoms with E-state index in [1.807, 2.05) is 6.07 Å². The molecule has 0 saturated carbocycles. The first-order valence-corrected chi connectivity index (χ1v) is 10.4. The van der Waals surface area contributed by atoms with Crippen molar-refractivity contribution >= 4 is 0 Å². The highest BCUT2D eigenvalue weighted by Crippen LogP contribution is 2.43. The minimum Gasteiger partial charge on any atom is -0.496 e. The van der Waals surface area contributed by atoms with Crippen LogP contribution in [0.25, 0.3) is 0 Å². The summed E-state index contributed by atoms with van der Waals surface area (Å²) in [5.74, 6) is 2.20. The number of aryl methyl sites for hydroxylation is 2. The van der Waals surface area contributed by atoms with Gasteiger partial charge < -0.3 is 18.8 Å². The highest BCUT2D eigenvalue weighted by Gasteiger charge is 2.31. The number of hydrogen-bond donors (Lipinski definition) is 0. The molecule has 0 aliphatic carbocycles. The van der Waals surface area contributed by atoms with Gasteiger partial charge in [-0.2, -0.15) is 0 Å². The maximum atomic E-state index is 5.82. The molecule has 1 aliphatic rings. The quantitative estimate of drug-likeness (QED) is 0.588. The summed E-state index contributed by atoms with van der Waals surface area (Å²) in [6.45, 7) is 5.07. The molecule has 3 aromatic rings. The second-order valence-electron chi connectivity index (χ2n) is 7.73. The largest absolute Gasteiger partial charge is 0.496 e. The van der Waals surface area contributed by atoms with Crippen molar-refractivity contribution in [1.82, 2.24) is 9.47 Å². The number of hydrogen-bond acceptors (Lipinski definition) is 4. The van der Waals surface area contributed by atoms with E-state index in [2.05, 4.69) is 65.1 Å². The SMILES string of the molecule is COc1cc(OC)c(C2c3cccn3CCCN2Cc2ccccc2C)cc1OC. The highest BCUT2D eigenvalue weighted by atomic mass is 16.5. The molecule has 0 saturated heterocycles. The standard InChI is InChI=1S/C25H30N2O3/c1-18-9-5-6-10-19(18)17-27-14-8-13-26-12-7-11-21(26)25(27)20-15-23(29-3)24(30-4)16-22(20)28-2/h5-7,9-12,15-16,25H,8,13-14,17H2,1-4H3. The average Bonchev–Trinajstić information content (AvgIpc) is 3.16. The maximum Gasteiger partial charge on any atom is 0.164 e. The summed E-state index contributed by atoms with van der Waals surface area (Å²) in [6.07, 6.45) is 3.27. The number of rotatable bonds is 6. The van der Waals surface area contributed by atoms with Crippen LogP contribution in [0.15, 0.2) is 54.7 Å². The molecule has 0 bridgehead atoms. The molecule has 158 valence electrons. The van der Waals surface area contributed by atoms with Gasteiger partial charge in [-0.15, -0.1) is 0 Å². The number of benzene rings is 2. The summed E-state index contributed by atoms with van der Waals surface area (Å²) in [4.78, 5) is 2.55. The molecule has 0 spiro atoms. The summed E-state index contributed by atoms with van der Waals surface area (Å²) < 4.78 is 19.3. The van der Waals surface area contributed by atoms with Crippen molar-refractivity contribution in [2.75, 3.05) is 27.9 Å². The van der Waals surface area contributed by atoms with E-state index in [9.17, 15) is 0 Å². The lowest BCUT2D eigenvalue weighted by Crippen LogP contribution is -2.30. The first-order chi connectivity index (χ1) is 14.7. The lowest BCUT2D eigenvalue weighted by molar-refractivity contribution is 0.215. The molecule has 2 aromatic carbocycles. The van der Waals surface area contributed by atoms with Crippen molar-refractivity contribution in [3.8, 4) is 17.2 Å². The molecule has 0 N–H and O–H groups in total. The fraction of sp³-hybridized carbons (Fsp3) is 0.360. The van der Waals surface area contributed by atoms with Crippen LogP contribution in [-0.4, -0.2) is 37.3 Å². The van der Waals surface area contributed by atoms with E-state index >= 15 is 0 Å². The minimum atomic E-state index is 0.0527. The molecule has 2 heterocycles. The monoisotopic (exact) mass is 406 g/mol. The lowest BCUT2D eigenvalue weighted by Gasteiger charge is -2.32. The Labute approximate surface area is 178 Å². The average molecular weight is 407 g/mol. The van der Waals surface area contributed by atoms with Crippen molar-refractivity contribution < 1.29 is 14.2 Å². The van der Waals surface area contributed by atoms with Crippen LogP contribution in [0, 0.1) is 6.92 Å². The second kappa shape index (κ2) is 8.84. The van der Waals surface area contributed by atoms with Crippen LogP contribution >= 0.6 is 0 Å². The van der Waals surface area contributed by atoms with Crippen LogP contribution in [0.1, 0.15) is 34.8 Å². The molecule has 5 nitrogen and oxygen atoms in total. The molecule has 0 fully saturated rings. The summed E-state index contributed by atoms with van der Waals surface area (Å²) in [7, 11) is 5.04. The first kappa shape index (κ1) is 20.4. The van der Waals surface area contributed by atoms with E-state index in [0.717, 1.165) is 37.4 Å². The molecule has 0 radical (unpaired) electrons. The number of nitrogens with zero attached hydrogens (tertiary/aromatic N) is 2. The molecule has 1 unspecified atom stereocenters. The molecule has 1 aliphatic heterocycles. The van der Waals surface area contributed by atoms with Crippen LogP contribution < -0.4 is 14.2 Å². The third kappa shape index (κ3) is 3.77. The van der Waals surface area contributed by atoms with Crippen molar-refractivity contribution in [3.05, 3.63) is 77.1 Å². The summed E-state index contributed by atoms with van der Waals surface area (Å²) in [5.41, 5.74) is 5.02. The van der Waals surface area contributed by atoms with E-state index < -0.39 is 0 Å². The predicted octanol–water partition coefficient (Wildman–Crippen LogP) is 4.82. The Hall–Kier alpha value is -2.92. The van der Waals surface area contributed by atoms with Gasteiger partial charge in [0.15, 0.2) is 11.5 Å². The normalized spacial score (nSPS) is 16.6. The van der Waals surface area contributed by atoms with Crippen LogP contribution in [0.4, 0.5) is 0 Å². The Morgan fingerprint density at radius 3 is 2.33 bits per heavy atom. The number of methoxy groups -OCH3 is 3. The maximum absolute atomic E-state index is 5.82. The molecular weight excluding hydrogens is 376 g/mol. The third-order valence-electron chi connectivity index (χ3n) is 6.02. The Bertz CT molecular complexity index is 1010. The zero-order valence-electron chi connectivity index (χ0n) is 18.2. The van der Waals surface area contributed by atoms with Crippen molar-refractivity contribution in [1.29, 1.82) is 0 Å². The molecule has 4 rings (SSSR count). The van der Waals surface area contributed by atoms with Crippen LogP contribution in [0.5, 0.6) is 17.2 Å². The molecule has 1 aromatic heterocycles. The van der Waals surface area contributed by atoms with E-state index in [1.165, 1.54) is 16.8 Å². The Morgan fingerprint density at radius 2 is 1.60 bits per heavy atom. The Kier molecular flexibility index (Phi) is 6.00. The summed E-state index contributed by atoms with van der Waals surface area (Å²) in [5, 5.41) is 0. The zero-order valence-corrected chi connectivity index (χ0v) is 18.2. The van der Waals surface area contributed by atoms with Crippen molar-refractivity contribution in [2.24, 2.45) is 0 Å². The van der Waals surface area contributed by atoms with Gasteiger partial charge in [-0.05, 0) is 42.7 Å². The van der Waals surface area contributed by atoms with Crippen molar-refractivity contribution in [3.63, 3.8) is 0 Å². The minimum absolute atomic E-state index is 0.0527. The van der Waals surface area contributed by atoms with Gasteiger partial charge >= 0.3 is 0 Å². The van der Waals surface area contributed by atoms with Gasteiger partial charge in [0, 0.05) is 43.2 Å². The number of fused-ring (bicyclic) bond motifs is 1. The molecular formula is C25H30N2O3. The van der Waals surface area contributed by atoms with Gasteiger partial charge in [0.1, 0.15) is 5.75 Å². The molecule has 0 amide bonds. The first-order valence-electron chi connectivity index (χ1n) is 10.4. The van der Waals surface area contributed by atoms with E-state index in [1.54, 1.807) is 21.3 Å². The molecule has 1 atom stereocenters. The predicted molar refractivity (Wildman–Crippen MR) is 119 cm³/mol. The topological polar surface area (TPSA) is 35.9 Å². The van der Waals surface area contributed by atoms with Crippen LogP contribution in [-0.2, 0) is 13.1 Å². The van der Waals surface area contributed by atoms with Crippen LogP contribution in [0.2, 0.25) is 0 Å². The second-order valence-corrected chi connectivity index (χ2v) is 7.73. The van der Waals surface area contributed by atoms with Gasteiger partial charge in [-0.3, -0.25) is 4.90 Å². The third-order valence-corrected chi connectivity index (χ3v) is 6.02. The van der Waals surface area contributed by atoms with E-state index in [-0.39, 0.29) is 6.04 Å². The van der Waals surface area contributed by atoms with E-state index in [0.29, 0.717) is 11.5 Å². The highest BCUT2D eigenvalue weighted by molar-refractivity contribution is 5.53. The zero-order chi connectivity index (χ0) is 21.1. The van der Waals surface area contributed by atoms with Gasteiger partial charge in [-0.25, -0.2) is 0 Å². The Balaban J connectivity index is 1.85. The molecule has 30 heavy (non-hydrogen) atoms. The Morgan fingerprint density at radius 1 is 0.867 bits per heavy atom. The lowest BCUT2D eigenvalue weighted by atomic mass is 9.98. The number of ether oxygens (including phenoxy) is 3. The smallest absolute Gasteiger partial charge is 0.164 e. The van der Waals surface area contributed by atoms with Gasteiger partial charge in [-0.1, -0.05) is 24.3 Å². The fourth-order valence-electron chi connectivity index (χ4n) is 4.44. The van der Waals surface area contributed by atoms with Crippen molar-refractivity contribution in [2.45, 2.75) is 32.5 Å². The van der Waals surface area contributed by atoms with Gasteiger partial charge in [0.25, 0.3) is 0 Å². The van der Waals surface area contributed by atoms with Crippen LogP contribution in [0.3, 0.4) is 0 Å². The summed E-state index contributed by atoms with van der Waals surface area (Å²) in [6, 6.07) is 17.0. The van der Waals surface area contributed by atoms with E-state index in [4.69, 9.17) is 14.2 Å². The van der Waals surface area contributed by atoms with Gasteiger partial charge in [0.05, 0.1) is 27.4 Å². The number of aromatic nitrogens is 1. The fourth-order valence-corrected chi connectivity index (χ4v) is 4.44.